The van der Waals surface area contributed by atoms with Crippen LogP contribution in [-0.2, 0) is 4.74 Å². The van der Waals surface area contributed by atoms with E-state index in [2.05, 4.69) is 18.7 Å². The van der Waals surface area contributed by atoms with Crippen molar-refractivity contribution in [3.8, 4) is 5.75 Å². The third-order valence-electron chi connectivity index (χ3n) is 3.51. The molecule has 0 bridgehead atoms. The van der Waals surface area contributed by atoms with Gasteiger partial charge in [-0.25, -0.2) is 9.18 Å². The van der Waals surface area contributed by atoms with Crippen LogP contribution in [0, 0.1) is 5.82 Å². The summed E-state index contributed by atoms with van der Waals surface area (Å²) >= 11 is 0. The van der Waals surface area contributed by atoms with E-state index in [-0.39, 0.29) is 18.5 Å². The van der Waals surface area contributed by atoms with Crippen LogP contribution in [0.1, 0.15) is 24.2 Å². The minimum absolute atomic E-state index is 0.0350. The first-order valence-electron chi connectivity index (χ1n) is 6.99. The van der Waals surface area contributed by atoms with Crippen molar-refractivity contribution in [3.63, 3.8) is 0 Å². The van der Waals surface area contributed by atoms with E-state index >= 15 is 0 Å². The molecule has 1 saturated heterocycles. The van der Waals surface area contributed by atoms with Crippen LogP contribution in [0.2, 0.25) is 0 Å². The van der Waals surface area contributed by atoms with Gasteiger partial charge in [0, 0.05) is 19.1 Å². The van der Waals surface area contributed by atoms with Crippen LogP contribution in [0.4, 0.5) is 4.39 Å². The Kier molecular flexibility index (Phi) is 5.14. The SMILES string of the molecule is CC(C)N1CCOC(COc2cccc(F)c2C(=O)O)C1. The Hall–Kier alpha value is -1.66. The Morgan fingerprint density at radius 2 is 2.33 bits per heavy atom. The number of nitrogens with zero attached hydrogens (tertiary/aromatic N) is 1. The van der Waals surface area contributed by atoms with E-state index in [0.717, 1.165) is 19.2 Å². The number of ether oxygens (including phenoxy) is 2. The number of morpholine rings is 1. The minimum Gasteiger partial charge on any atom is -0.490 e. The van der Waals surface area contributed by atoms with Crippen LogP contribution in [0.5, 0.6) is 5.75 Å². The quantitative estimate of drug-likeness (QED) is 0.901. The molecule has 1 aliphatic rings. The van der Waals surface area contributed by atoms with E-state index in [1.165, 1.54) is 12.1 Å². The highest BCUT2D eigenvalue weighted by atomic mass is 19.1. The van der Waals surface area contributed by atoms with Gasteiger partial charge in [-0.3, -0.25) is 4.90 Å². The molecule has 0 saturated carbocycles. The van der Waals surface area contributed by atoms with Crippen LogP contribution in [-0.4, -0.2) is 54.4 Å². The Bertz CT molecular complexity index is 506. The molecule has 1 heterocycles. The van der Waals surface area contributed by atoms with Crippen molar-refractivity contribution in [3.05, 3.63) is 29.6 Å². The molecule has 116 valence electrons. The van der Waals surface area contributed by atoms with Gasteiger partial charge in [0.2, 0.25) is 0 Å². The first-order valence-corrected chi connectivity index (χ1v) is 6.99. The Morgan fingerprint density at radius 3 is 3.00 bits per heavy atom. The van der Waals surface area contributed by atoms with Crippen LogP contribution in [0.15, 0.2) is 18.2 Å². The van der Waals surface area contributed by atoms with Crippen molar-refractivity contribution in [1.82, 2.24) is 4.90 Å². The Morgan fingerprint density at radius 1 is 1.57 bits per heavy atom. The summed E-state index contributed by atoms with van der Waals surface area (Å²) in [6.45, 7) is 6.62. The summed E-state index contributed by atoms with van der Waals surface area (Å²) in [7, 11) is 0. The van der Waals surface area contributed by atoms with Gasteiger partial charge in [0.25, 0.3) is 0 Å². The number of aromatic carboxylic acids is 1. The first kappa shape index (κ1) is 15.7. The van der Waals surface area contributed by atoms with E-state index in [9.17, 15) is 9.18 Å². The maximum atomic E-state index is 13.5. The summed E-state index contributed by atoms with van der Waals surface area (Å²) < 4.78 is 24.6. The third kappa shape index (κ3) is 3.92. The largest absolute Gasteiger partial charge is 0.490 e. The van der Waals surface area contributed by atoms with Gasteiger partial charge < -0.3 is 14.6 Å². The number of carboxylic acid groups (broad SMARTS) is 1. The molecular weight excluding hydrogens is 277 g/mol. The zero-order valence-electron chi connectivity index (χ0n) is 12.2. The highest BCUT2D eigenvalue weighted by Gasteiger charge is 2.24. The van der Waals surface area contributed by atoms with Crippen LogP contribution >= 0.6 is 0 Å². The van der Waals surface area contributed by atoms with Crippen molar-refractivity contribution in [2.45, 2.75) is 26.0 Å². The molecule has 0 aromatic heterocycles. The van der Waals surface area contributed by atoms with Gasteiger partial charge in [0.15, 0.2) is 0 Å². The van der Waals surface area contributed by atoms with Gasteiger partial charge in [-0.15, -0.1) is 0 Å². The average Bonchev–Trinajstić information content (AvgIpc) is 2.45. The Labute approximate surface area is 123 Å². The molecule has 0 radical (unpaired) electrons. The van der Waals surface area contributed by atoms with E-state index < -0.39 is 17.3 Å². The lowest BCUT2D eigenvalue weighted by Gasteiger charge is -2.35. The number of carboxylic acids is 1. The molecule has 1 aromatic rings. The summed E-state index contributed by atoms with van der Waals surface area (Å²) in [6, 6.07) is 4.41. The second kappa shape index (κ2) is 6.87. The predicted molar refractivity (Wildman–Crippen MR) is 75.3 cm³/mol. The van der Waals surface area contributed by atoms with Gasteiger partial charge in [-0.1, -0.05) is 6.07 Å². The monoisotopic (exact) mass is 297 g/mol. The lowest BCUT2D eigenvalue weighted by molar-refractivity contribution is -0.0565. The lowest BCUT2D eigenvalue weighted by atomic mass is 10.2. The lowest BCUT2D eigenvalue weighted by Crippen LogP contribution is -2.47. The molecule has 0 aliphatic carbocycles. The van der Waals surface area contributed by atoms with E-state index in [4.69, 9.17) is 14.6 Å². The topological polar surface area (TPSA) is 59.0 Å². The third-order valence-corrected chi connectivity index (χ3v) is 3.51. The normalized spacial score (nSPS) is 19.7. The van der Waals surface area contributed by atoms with Crippen molar-refractivity contribution in [2.75, 3.05) is 26.3 Å². The fourth-order valence-electron chi connectivity index (χ4n) is 2.33. The smallest absolute Gasteiger partial charge is 0.342 e. The molecule has 6 heteroatoms. The zero-order valence-corrected chi connectivity index (χ0v) is 12.2. The fourth-order valence-corrected chi connectivity index (χ4v) is 2.33. The Balaban J connectivity index is 2.00. The summed E-state index contributed by atoms with van der Waals surface area (Å²) in [5.74, 6) is -2.10. The van der Waals surface area contributed by atoms with E-state index in [1.807, 2.05) is 0 Å². The maximum Gasteiger partial charge on any atom is 0.342 e. The summed E-state index contributed by atoms with van der Waals surface area (Å²) in [4.78, 5) is 13.3. The molecule has 5 nitrogen and oxygen atoms in total. The summed E-state index contributed by atoms with van der Waals surface area (Å²) in [6.07, 6.45) is -0.147. The molecule has 1 aliphatic heterocycles. The second-order valence-electron chi connectivity index (χ2n) is 5.31. The van der Waals surface area contributed by atoms with Crippen LogP contribution in [0.3, 0.4) is 0 Å². The number of carbonyl (C=O) groups is 1. The predicted octanol–water partition coefficient (Wildman–Crippen LogP) is 2.01. The van der Waals surface area contributed by atoms with Gasteiger partial charge in [-0.05, 0) is 26.0 Å². The molecule has 0 spiro atoms. The van der Waals surface area contributed by atoms with Gasteiger partial charge in [0.05, 0.1) is 6.61 Å². The summed E-state index contributed by atoms with van der Waals surface area (Å²) in [5.41, 5.74) is -0.436. The molecule has 2 rings (SSSR count). The molecular formula is C15H20FNO4. The van der Waals surface area contributed by atoms with Crippen molar-refractivity contribution < 1.29 is 23.8 Å². The van der Waals surface area contributed by atoms with E-state index in [0.29, 0.717) is 12.6 Å². The molecule has 1 unspecified atom stereocenters. The molecule has 0 amide bonds. The molecule has 21 heavy (non-hydrogen) atoms. The number of benzene rings is 1. The first-order chi connectivity index (χ1) is 9.99. The molecule has 1 aromatic carbocycles. The summed E-state index contributed by atoms with van der Waals surface area (Å²) in [5, 5.41) is 9.04. The maximum absolute atomic E-state index is 13.5. The standard InChI is InChI=1S/C15H20FNO4/c1-10(2)17-6-7-20-11(8-17)9-21-13-5-3-4-12(16)14(13)15(18)19/h3-5,10-11H,6-9H2,1-2H3,(H,18,19). The number of hydrogen-bond acceptors (Lipinski definition) is 4. The average molecular weight is 297 g/mol. The molecule has 1 N–H and O–H groups in total. The van der Waals surface area contributed by atoms with Gasteiger partial charge in [0.1, 0.15) is 29.8 Å². The number of hydrogen-bond donors (Lipinski definition) is 1. The van der Waals surface area contributed by atoms with Gasteiger partial charge >= 0.3 is 5.97 Å². The van der Waals surface area contributed by atoms with Crippen LogP contribution < -0.4 is 4.74 Å². The highest BCUT2D eigenvalue weighted by molar-refractivity contribution is 5.91. The number of halogens is 1. The van der Waals surface area contributed by atoms with Crippen LogP contribution in [0.25, 0.3) is 0 Å². The van der Waals surface area contributed by atoms with Crippen molar-refractivity contribution in [1.29, 1.82) is 0 Å². The second-order valence-corrected chi connectivity index (χ2v) is 5.31. The zero-order chi connectivity index (χ0) is 15.4. The van der Waals surface area contributed by atoms with Gasteiger partial charge in [-0.2, -0.15) is 0 Å². The highest BCUT2D eigenvalue weighted by Crippen LogP contribution is 2.22. The molecule has 1 atom stereocenters. The number of rotatable bonds is 5. The minimum atomic E-state index is -1.34. The fraction of sp³-hybridized carbons (Fsp3) is 0.533. The van der Waals surface area contributed by atoms with Crippen molar-refractivity contribution in [2.24, 2.45) is 0 Å². The van der Waals surface area contributed by atoms with E-state index in [1.54, 1.807) is 0 Å². The molecule has 1 fully saturated rings. The van der Waals surface area contributed by atoms with Crippen molar-refractivity contribution >= 4 is 5.97 Å².